The third-order valence-corrected chi connectivity index (χ3v) is 3.61. The molecule has 0 aliphatic rings. The Morgan fingerprint density at radius 3 is 2.48 bits per heavy atom. The van der Waals surface area contributed by atoms with Crippen molar-refractivity contribution in [3.05, 3.63) is 41.8 Å². The number of nitrogens with one attached hydrogen (secondary N) is 1. The number of rotatable bonds is 5. The molecule has 0 spiro atoms. The van der Waals surface area contributed by atoms with Gasteiger partial charge in [0.15, 0.2) is 5.76 Å². The van der Waals surface area contributed by atoms with E-state index in [0.717, 1.165) is 0 Å². The van der Waals surface area contributed by atoms with Crippen LogP contribution in [-0.2, 0) is 4.79 Å². The van der Waals surface area contributed by atoms with Crippen molar-refractivity contribution in [1.29, 1.82) is 0 Å². The molecule has 2 amide bonds. The van der Waals surface area contributed by atoms with E-state index in [2.05, 4.69) is 10.3 Å². The first-order valence-corrected chi connectivity index (χ1v) is 8.33. The molecule has 1 N–H and O–H groups in total. The van der Waals surface area contributed by atoms with Gasteiger partial charge in [-0.1, -0.05) is 0 Å². The van der Waals surface area contributed by atoms with Crippen LogP contribution >= 0.6 is 0 Å². The highest BCUT2D eigenvalue weighted by Gasteiger charge is 2.22. The first-order chi connectivity index (χ1) is 11.7. The lowest BCUT2D eigenvalue weighted by atomic mass is 10.1. The van der Waals surface area contributed by atoms with Gasteiger partial charge in [0.1, 0.15) is 5.69 Å². The molecule has 0 fully saturated rings. The summed E-state index contributed by atoms with van der Waals surface area (Å²) < 4.78 is 5.33. The largest absolute Gasteiger partial charge is 0.463 e. The van der Waals surface area contributed by atoms with Crippen molar-refractivity contribution >= 4 is 11.8 Å². The molecule has 2 heterocycles. The number of likely N-dealkylation sites (N-methyl/N-ethyl adjacent to an activating group) is 1. The van der Waals surface area contributed by atoms with Gasteiger partial charge in [0.05, 0.1) is 24.1 Å². The molecule has 0 aromatic carbocycles. The molecule has 134 valence electrons. The third-order valence-electron chi connectivity index (χ3n) is 3.61. The monoisotopic (exact) mass is 343 g/mol. The van der Waals surface area contributed by atoms with Crippen LogP contribution in [0.2, 0.25) is 0 Å². The normalized spacial score (nSPS) is 11.2. The van der Waals surface area contributed by atoms with Crippen LogP contribution in [0.5, 0.6) is 0 Å². The van der Waals surface area contributed by atoms with Gasteiger partial charge in [0.2, 0.25) is 5.91 Å². The summed E-state index contributed by atoms with van der Waals surface area (Å²) in [6, 6.07) is 7.09. The zero-order valence-electron chi connectivity index (χ0n) is 15.4. The molecule has 0 atom stereocenters. The van der Waals surface area contributed by atoms with E-state index in [9.17, 15) is 9.59 Å². The van der Waals surface area contributed by atoms with Gasteiger partial charge in [-0.05, 0) is 58.9 Å². The molecule has 0 radical (unpaired) electrons. The average Bonchev–Trinajstić information content (AvgIpc) is 3.04. The molecule has 2 rings (SSSR count). The SMILES string of the molecule is CCN(CC(=O)NC(C)(C)C)C(=O)c1ccc(-c2ccco2)nc1C. The molecule has 0 aliphatic carbocycles. The number of hydrogen-bond acceptors (Lipinski definition) is 4. The molecule has 0 unspecified atom stereocenters. The summed E-state index contributed by atoms with van der Waals surface area (Å²) in [4.78, 5) is 30.9. The molecule has 0 aliphatic heterocycles. The maximum Gasteiger partial charge on any atom is 0.256 e. The Morgan fingerprint density at radius 1 is 1.24 bits per heavy atom. The summed E-state index contributed by atoms with van der Waals surface area (Å²) in [7, 11) is 0. The van der Waals surface area contributed by atoms with Gasteiger partial charge in [-0.25, -0.2) is 4.98 Å². The number of carbonyl (C=O) groups is 2. The van der Waals surface area contributed by atoms with Crippen LogP contribution < -0.4 is 5.32 Å². The van der Waals surface area contributed by atoms with E-state index in [-0.39, 0.29) is 23.9 Å². The summed E-state index contributed by atoms with van der Waals surface area (Å²) in [6.45, 7) is 9.81. The highest BCUT2D eigenvalue weighted by atomic mass is 16.3. The number of amides is 2. The van der Waals surface area contributed by atoms with Crippen molar-refractivity contribution in [2.75, 3.05) is 13.1 Å². The standard InChI is InChI=1S/C19H25N3O3/c1-6-22(12-17(23)21-19(3,4)5)18(24)14-9-10-15(20-13(14)2)16-8-7-11-25-16/h7-11H,6,12H2,1-5H3,(H,21,23). The minimum absolute atomic E-state index is 0.0198. The Morgan fingerprint density at radius 2 is 1.96 bits per heavy atom. The first kappa shape index (κ1) is 18.7. The van der Waals surface area contributed by atoms with E-state index in [1.54, 1.807) is 31.4 Å². The molecule has 2 aromatic heterocycles. The molecule has 2 aromatic rings. The van der Waals surface area contributed by atoms with Crippen LogP contribution in [0.25, 0.3) is 11.5 Å². The molecule has 25 heavy (non-hydrogen) atoms. The van der Waals surface area contributed by atoms with Crippen molar-refractivity contribution in [1.82, 2.24) is 15.2 Å². The lowest BCUT2D eigenvalue weighted by Gasteiger charge is -2.25. The molecule has 6 nitrogen and oxygen atoms in total. The Hall–Kier alpha value is -2.63. The van der Waals surface area contributed by atoms with Gasteiger partial charge in [-0.2, -0.15) is 0 Å². The van der Waals surface area contributed by atoms with E-state index in [1.165, 1.54) is 4.90 Å². The zero-order valence-corrected chi connectivity index (χ0v) is 15.4. The number of furan rings is 1. The molecular weight excluding hydrogens is 318 g/mol. The van der Waals surface area contributed by atoms with Gasteiger partial charge in [0, 0.05) is 12.1 Å². The van der Waals surface area contributed by atoms with Crippen LogP contribution in [0.1, 0.15) is 43.7 Å². The van der Waals surface area contributed by atoms with Gasteiger partial charge in [-0.3, -0.25) is 9.59 Å². The summed E-state index contributed by atoms with van der Waals surface area (Å²) in [5.41, 5.74) is 1.43. The molecular formula is C19H25N3O3. The van der Waals surface area contributed by atoms with Crippen molar-refractivity contribution in [3.63, 3.8) is 0 Å². The summed E-state index contributed by atoms with van der Waals surface area (Å²) in [5.74, 6) is 0.266. The number of carbonyl (C=O) groups excluding carboxylic acids is 2. The van der Waals surface area contributed by atoms with E-state index in [1.807, 2.05) is 33.8 Å². The van der Waals surface area contributed by atoms with Crippen molar-refractivity contribution in [3.8, 4) is 11.5 Å². The minimum atomic E-state index is -0.332. The van der Waals surface area contributed by atoms with Crippen LogP contribution in [0, 0.1) is 6.92 Å². The lowest BCUT2D eigenvalue weighted by molar-refractivity contribution is -0.123. The number of aryl methyl sites for hydroxylation is 1. The Kier molecular flexibility index (Phi) is 5.62. The molecule has 0 bridgehead atoms. The first-order valence-electron chi connectivity index (χ1n) is 8.33. The zero-order chi connectivity index (χ0) is 18.6. The van der Waals surface area contributed by atoms with E-state index < -0.39 is 0 Å². The topological polar surface area (TPSA) is 75.4 Å². The van der Waals surface area contributed by atoms with Crippen LogP contribution in [0.15, 0.2) is 34.9 Å². The minimum Gasteiger partial charge on any atom is -0.463 e. The van der Waals surface area contributed by atoms with Crippen molar-refractivity contribution in [2.45, 2.75) is 40.2 Å². The second-order valence-corrected chi connectivity index (χ2v) is 6.92. The maximum atomic E-state index is 12.8. The maximum absolute atomic E-state index is 12.8. The molecule has 6 heteroatoms. The highest BCUT2D eigenvalue weighted by molar-refractivity contribution is 5.97. The van der Waals surface area contributed by atoms with Crippen LogP contribution in [-0.4, -0.2) is 40.3 Å². The Labute approximate surface area is 148 Å². The summed E-state index contributed by atoms with van der Waals surface area (Å²) in [5, 5.41) is 2.87. The molecule has 0 saturated heterocycles. The fraction of sp³-hybridized carbons (Fsp3) is 0.421. The number of pyridine rings is 1. The smallest absolute Gasteiger partial charge is 0.256 e. The Balaban J connectivity index is 2.16. The summed E-state index contributed by atoms with van der Waals surface area (Å²) in [6.07, 6.45) is 1.58. The number of hydrogen-bond donors (Lipinski definition) is 1. The molecule has 0 saturated carbocycles. The highest BCUT2D eigenvalue weighted by Crippen LogP contribution is 2.20. The second kappa shape index (κ2) is 7.51. The predicted molar refractivity (Wildman–Crippen MR) is 96.1 cm³/mol. The Bertz CT molecular complexity index is 746. The fourth-order valence-corrected chi connectivity index (χ4v) is 2.48. The van der Waals surface area contributed by atoms with Gasteiger partial charge in [0.25, 0.3) is 5.91 Å². The van der Waals surface area contributed by atoms with E-state index >= 15 is 0 Å². The third kappa shape index (κ3) is 4.92. The van der Waals surface area contributed by atoms with Gasteiger partial charge < -0.3 is 14.6 Å². The van der Waals surface area contributed by atoms with Gasteiger partial charge in [-0.15, -0.1) is 0 Å². The van der Waals surface area contributed by atoms with Crippen molar-refractivity contribution in [2.24, 2.45) is 0 Å². The average molecular weight is 343 g/mol. The van der Waals surface area contributed by atoms with Crippen LogP contribution in [0.4, 0.5) is 0 Å². The second-order valence-electron chi connectivity index (χ2n) is 6.92. The quantitative estimate of drug-likeness (QED) is 0.905. The van der Waals surface area contributed by atoms with Gasteiger partial charge >= 0.3 is 0 Å². The predicted octanol–water partition coefficient (Wildman–Crippen LogP) is 3.03. The number of nitrogens with zero attached hydrogens (tertiary/aromatic N) is 2. The number of aromatic nitrogens is 1. The van der Waals surface area contributed by atoms with Crippen LogP contribution in [0.3, 0.4) is 0 Å². The van der Waals surface area contributed by atoms with Crippen molar-refractivity contribution < 1.29 is 14.0 Å². The lowest BCUT2D eigenvalue weighted by Crippen LogP contribution is -2.47. The fourth-order valence-electron chi connectivity index (χ4n) is 2.48. The van der Waals surface area contributed by atoms with E-state index in [4.69, 9.17) is 4.42 Å². The van der Waals surface area contributed by atoms with E-state index in [0.29, 0.717) is 29.3 Å². The summed E-state index contributed by atoms with van der Waals surface area (Å²) >= 11 is 0.